The molecule has 1 aliphatic heterocycles. The summed E-state index contributed by atoms with van der Waals surface area (Å²) in [6.45, 7) is 3.52. The van der Waals surface area contributed by atoms with Crippen LogP contribution in [-0.2, 0) is 4.79 Å². The van der Waals surface area contributed by atoms with Gasteiger partial charge in [0, 0.05) is 13.1 Å². The lowest BCUT2D eigenvalue weighted by molar-refractivity contribution is -0.130. The summed E-state index contributed by atoms with van der Waals surface area (Å²) in [6, 6.07) is 9.51. The van der Waals surface area contributed by atoms with Crippen LogP contribution in [0.3, 0.4) is 0 Å². The predicted octanol–water partition coefficient (Wildman–Crippen LogP) is 3.15. The average Bonchev–Trinajstić information content (AvgIpc) is 2.38. The van der Waals surface area contributed by atoms with Crippen LogP contribution in [0.4, 0.5) is 0 Å². The number of hydrogen-bond donors (Lipinski definition) is 0. The molecule has 0 aromatic heterocycles. The third-order valence-electron chi connectivity index (χ3n) is 2.95. The molecule has 1 unspecified atom stereocenters. The average molecular weight is 250 g/mol. The molecule has 1 heterocycles. The molecular formula is C14H16ClNO. The number of carbonyl (C=O) groups is 1. The Morgan fingerprint density at radius 2 is 2.06 bits per heavy atom. The minimum absolute atomic E-state index is 0.00492. The van der Waals surface area contributed by atoms with Crippen molar-refractivity contribution in [3.63, 3.8) is 0 Å². The molecule has 0 saturated heterocycles. The zero-order chi connectivity index (χ0) is 12.3. The quantitative estimate of drug-likeness (QED) is 0.583. The lowest BCUT2D eigenvalue weighted by Crippen LogP contribution is -2.37. The summed E-state index contributed by atoms with van der Waals surface area (Å²) in [5, 5.41) is -0.568. The number of alkyl halides is 1. The van der Waals surface area contributed by atoms with Gasteiger partial charge >= 0.3 is 0 Å². The van der Waals surface area contributed by atoms with Crippen molar-refractivity contribution in [2.45, 2.75) is 18.7 Å². The van der Waals surface area contributed by atoms with E-state index in [1.165, 1.54) is 5.57 Å². The van der Waals surface area contributed by atoms with Crippen LogP contribution in [-0.4, -0.2) is 23.9 Å². The second-order valence-electron chi connectivity index (χ2n) is 4.37. The fraction of sp³-hybridized carbons (Fsp3) is 0.357. The van der Waals surface area contributed by atoms with Crippen molar-refractivity contribution in [3.8, 4) is 0 Å². The second kappa shape index (κ2) is 5.37. The summed E-state index contributed by atoms with van der Waals surface area (Å²) < 4.78 is 0. The number of rotatable bonds is 2. The largest absolute Gasteiger partial charge is 0.337 e. The lowest BCUT2D eigenvalue weighted by Gasteiger charge is -2.28. The van der Waals surface area contributed by atoms with Crippen LogP contribution in [0.2, 0.25) is 0 Å². The molecule has 3 heteroatoms. The zero-order valence-corrected chi connectivity index (χ0v) is 10.7. The first-order chi connectivity index (χ1) is 8.18. The number of benzene rings is 1. The molecule has 1 aliphatic rings. The van der Waals surface area contributed by atoms with Gasteiger partial charge in [0.25, 0.3) is 0 Å². The molecule has 1 aromatic carbocycles. The second-order valence-corrected chi connectivity index (χ2v) is 4.81. The summed E-state index contributed by atoms with van der Waals surface area (Å²) in [6.07, 6.45) is 3.10. The Labute approximate surface area is 107 Å². The van der Waals surface area contributed by atoms with Crippen molar-refractivity contribution >= 4 is 17.5 Å². The van der Waals surface area contributed by atoms with Gasteiger partial charge in [-0.05, 0) is 18.9 Å². The maximum absolute atomic E-state index is 12.2. The number of carbonyl (C=O) groups excluding carboxylic acids is 1. The van der Waals surface area contributed by atoms with E-state index in [1.54, 1.807) is 0 Å². The molecule has 17 heavy (non-hydrogen) atoms. The highest BCUT2D eigenvalue weighted by Crippen LogP contribution is 2.24. The van der Waals surface area contributed by atoms with Gasteiger partial charge < -0.3 is 4.90 Å². The van der Waals surface area contributed by atoms with Crippen LogP contribution < -0.4 is 0 Å². The minimum Gasteiger partial charge on any atom is -0.337 e. The SMILES string of the molecule is CC1=CCCN(C(=O)C(Cl)c2ccccc2)C1. The van der Waals surface area contributed by atoms with Crippen molar-refractivity contribution in [1.29, 1.82) is 0 Å². The van der Waals surface area contributed by atoms with Gasteiger partial charge in [-0.3, -0.25) is 4.79 Å². The highest BCUT2D eigenvalue weighted by atomic mass is 35.5. The molecule has 2 nitrogen and oxygen atoms in total. The van der Waals surface area contributed by atoms with Crippen molar-refractivity contribution in [3.05, 3.63) is 47.5 Å². The Morgan fingerprint density at radius 3 is 2.71 bits per heavy atom. The fourth-order valence-electron chi connectivity index (χ4n) is 2.02. The third kappa shape index (κ3) is 2.89. The smallest absolute Gasteiger partial charge is 0.245 e. The molecule has 90 valence electrons. The van der Waals surface area contributed by atoms with Crippen molar-refractivity contribution in [2.75, 3.05) is 13.1 Å². The van der Waals surface area contributed by atoms with Crippen molar-refractivity contribution < 1.29 is 4.79 Å². The van der Waals surface area contributed by atoms with Crippen molar-refractivity contribution in [2.24, 2.45) is 0 Å². The van der Waals surface area contributed by atoms with Crippen LogP contribution in [0.25, 0.3) is 0 Å². The Hall–Kier alpha value is -1.28. The van der Waals surface area contributed by atoms with E-state index in [4.69, 9.17) is 11.6 Å². The van der Waals surface area contributed by atoms with E-state index in [-0.39, 0.29) is 5.91 Å². The molecule has 0 fully saturated rings. The Kier molecular flexibility index (Phi) is 3.85. The molecule has 1 atom stereocenters. The Balaban J connectivity index is 2.08. The monoisotopic (exact) mass is 249 g/mol. The van der Waals surface area contributed by atoms with Crippen LogP contribution in [0, 0.1) is 0 Å². The summed E-state index contributed by atoms with van der Waals surface area (Å²) >= 11 is 6.23. The molecule has 0 saturated carbocycles. The summed E-state index contributed by atoms with van der Waals surface area (Å²) in [5.41, 5.74) is 2.10. The Bertz CT molecular complexity index is 427. The molecule has 0 bridgehead atoms. The number of hydrogen-bond acceptors (Lipinski definition) is 1. The lowest BCUT2D eigenvalue weighted by atomic mass is 10.1. The number of amides is 1. The number of nitrogens with zero attached hydrogens (tertiary/aromatic N) is 1. The van der Waals surface area contributed by atoms with E-state index < -0.39 is 5.38 Å². The maximum atomic E-state index is 12.2. The Morgan fingerprint density at radius 1 is 1.35 bits per heavy atom. The fourth-order valence-corrected chi connectivity index (χ4v) is 2.31. The highest BCUT2D eigenvalue weighted by molar-refractivity contribution is 6.30. The topological polar surface area (TPSA) is 20.3 Å². The summed E-state index contributed by atoms with van der Waals surface area (Å²) in [7, 11) is 0. The molecule has 0 spiro atoms. The van der Waals surface area contributed by atoms with Gasteiger partial charge in [-0.2, -0.15) is 0 Å². The minimum atomic E-state index is -0.568. The van der Waals surface area contributed by atoms with Crippen LogP contribution in [0.15, 0.2) is 42.0 Å². The van der Waals surface area contributed by atoms with Gasteiger partial charge in [0.2, 0.25) is 5.91 Å². The molecule has 0 N–H and O–H groups in total. The summed E-state index contributed by atoms with van der Waals surface area (Å²) in [5.74, 6) is 0.00492. The normalized spacial score (nSPS) is 17.5. The molecule has 2 rings (SSSR count). The predicted molar refractivity (Wildman–Crippen MR) is 70.0 cm³/mol. The van der Waals surface area contributed by atoms with Gasteiger partial charge in [0.1, 0.15) is 5.38 Å². The van der Waals surface area contributed by atoms with Crippen LogP contribution >= 0.6 is 11.6 Å². The highest BCUT2D eigenvalue weighted by Gasteiger charge is 2.24. The maximum Gasteiger partial charge on any atom is 0.245 e. The van der Waals surface area contributed by atoms with Gasteiger partial charge in [-0.1, -0.05) is 42.0 Å². The van der Waals surface area contributed by atoms with Gasteiger partial charge in [0.05, 0.1) is 0 Å². The summed E-state index contributed by atoms with van der Waals surface area (Å²) in [4.78, 5) is 14.0. The first kappa shape index (κ1) is 12.2. The van der Waals surface area contributed by atoms with Crippen LogP contribution in [0.5, 0.6) is 0 Å². The standard InChI is InChI=1S/C14H16ClNO/c1-11-6-5-9-16(10-11)14(17)13(15)12-7-3-2-4-8-12/h2-4,6-8,13H,5,9-10H2,1H3. The molecule has 0 radical (unpaired) electrons. The van der Waals surface area contributed by atoms with Crippen LogP contribution in [0.1, 0.15) is 24.3 Å². The molecule has 1 aromatic rings. The zero-order valence-electron chi connectivity index (χ0n) is 9.90. The number of halogens is 1. The molecule has 0 aliphatic carbocycles. The van der Waals surface area contributed by atoms with E-state index in [9.17, 15) is 4.79 Å². The van der Waals surface area contributed by atoms with Gasteiger partial charge in [-0.15, -0.1) is 11.6 Å². The first-order valence-electron chi connectivity index (χ1n) is 5.82. The van der Waals surface area contributed by atoms with E-state index in [2.05, 4.69) is 6.08 Å². The van der Waals surface area contributed by atoms with E-state index >= 15 is 0 Å². The molecular weight excluding hydrogens is 234 g/mol. The van der Waals surface area contributed by atoms with E-state index in [0.717, 1.165) is 18.5 Å². The van der Waals surface area contributed by atoms with E-state index in [1.807, 2.05) is 42.2 Å². The van der Waals surface area contributed by atoms with Crippen molar-refractivity contribution in [1.82, 2.24) is 4.90 Å². The van der Waals surface area contributed by atoms with E-state index in [0.29, 0.717) is 6.54 Å². The third-order valence-corrected chi connectivity index (χ3v) is 3.39. The van der Waals surface area contributed by atoms with Gasteiger partial charge in [-0.25, -0.2) is 0 Å². The molecule has 1 amide bonds. The first-order valence-corrected chi connectivity index (χ1v) is 6.25. The van der Waals surface area contributed by atoms with Gasteiger partial charge in [0.15, 0.2) is 0 Å².